The Labute approximate surface area is 218 Å². The van der Waals surface area contributed by atoms with Crippen LogP contribution in [0, 0.1) is 0 Å². The Hall–Kier alpha value is -4.70. The SMILES string of the molecule is C1=c2ccc([nH]2)=Cc2ccc([nH]2)C=c2[nH]c(c3c2C2CCC3c3cc4ccccc4cc32)=Cc2ccc1[nH]2. The second-order valence-corrected chi connectivity index (χ2v) is 11.0. The number of hydrogen-bond acceptors (Lipinski definition) is 0. The van der Waals surface area contributed by atoms with Crippen molar-refractivity contribution >= 4 is 35.1 Å². The highest BCUT2D eigenvalue weighted by Crippen LogP contribution is 2.51. The number of benzene rings is 2. The van der Waals surface area contributed by atoms with E-state index in [0.29, 0.717) is 11.8 Å². The molecule has 182 valence electrons. The molecule has 0 amide bonds. The Bertz CT molecular complexity index is 2010. The molecule has 2 atom stereocenters. The molecule has 10 bridgehead atoms. The molecule has 5 heterocycles. The molecule has 2 unspecified atom stereocenters. The lowest BCUT2D eigenvalue weighted by Gasteiger charge is -2.39. The topological polar surface area (TPSA) is 63.2 Å². The molecule has 38 heavy (non-hydrogen) atoms. The Kier molecular flexibility index (Phi) is 3.98. The molecule has 4 aromatic heterocycles. The molecule has 4 aliphatic rings. The van der Waals surface area contributed by atoms with Gasteiger partial charge in [-0.05, 0) is 107 Å². The van der Waals surface area contributed by atoms with Crippen molar-refractivity contribution < 1.29 is 0 Å². The van der Waals surface area contributed by atoms with Gasteiger partial charge in [0.25, 0.3) is 0 Å². The molecular formula is C34H26N4. The molecule has 0 fully saturated rings. The minimum Gasteiger partial charge on any atom is -0.355 e. The van der Waals surface area contributed by atoms with Crippen LogP contribution in [0.25, 0.3) is 35.1 Å². The van der Waals surface area contributed by atoms with Crippen molar-refractivity contribution in [1.29, 1.82) is 0 Å². The summed E-state index contributed by atoms with van der Waals surface area (Å²) in [5, 5.41) is 7.28. The minimum atomic E-state index is 0.409. The lowest BCUT2D eigenvalue weighted by molar-refractivity contribution is 0.520. The lowest BCUT2D eigenvalue weighted by atomic mass is 9.64. The van der Waals surface area contributed by atoms with Crippen LogP contribution in [0.1, 0.15) is 69.7 Å². The summed E-state index contributed by atoms with van der Waals surface area (Å²) in [4.78, 5) is 14.6. The van der Waals surface area contributed by atoms with Gasteiger partial charge >= 0.3 is 0 Å². The van der Waals surface area contributed by atoms with Gasteiger partial charge in [0.05, 0.1) is 0 Å². The molecular weight excluding hydrogens is 464 g/mol. The summed E-state index contributed by atoms with van der Waals surface area (Å²) in [5.74, 6) is 0.818. The summed E-state index contributed by atoms with van der Waals surface area (Å²) in [6, 6.07) is 26.6. The van der Waals surface area contributed by atoms with E-state index < -0.39 is 0 Å². The molecule has 4 heteroatoms. The van der Waals surface area contributed by atoms with E-state index in [4.69, 9.17) is 0 Å². The summed E-state index contributed by atoms with van der Waals surface area (Å²) in [7, 11) is 0. The van der Waals surface area contributed by atoms with E-state index in [1.807, 2.05) is 0 Å². The first-order valence-corrected chi connectivity index (χ1v) is 13.5. The largest absolute Gasteiger partial charge is 0.355 e. The second-order valence-electron chi connectivity index (χ2n) is 11.0. The zero-order chi connectivity index (χ0) is 24.8. The molecule has 0 saturated carbocycles. The van der Waals surface area contributed by atoms with Crippen molar-refractivity contribution in [3.63, 3.8) is 0 Å². The van der Waals surface area contributed by atoms with E-state index in [9.17, 15) is 0 Å². The molecule has 4 N–H and O–H groups in total. The van der Waals surface area contributed by atoms with E-state index in [2.05, 4.69) is 117 Å². The summed E-state index contributed by atoms with van der Waals surface area (Å²) >= 11 is 0. The highest BCUT2D eigenvalue weighted by atomic mass is 14.8. The van der Waals surface area contributed by atoms with Crippen LogP contribution < -0.4 is 21.4 Å². The predicted molar refractivity (Wildman–Crippen MR) is 153 cm³/mol. The van der Waals surface area contributed by atoms with Crippen molar-refractivity contribution in [2.75, 3.05) is 0 Å². The van der Waals surface area contributed by atoms with E-state index in [-0.39, 0.29) is 0 Å². The number of aromatic nitrogens is 4. The van der Waals surface area contributed by atoms with Crippen molar-refractivity contribution in [2.24, 2.45) is 0 Å². The smallest absolute Gasteiger partial charge is 0.0447 e. The van der Waals surface area contributed by atoms with Gasteiger partial charge in [0.2, 0.25) is 0 Å². The first-order valence-electron chi connectivity index (χ1n) is 13.5. The van der Waals surface area contributed by atoms with Crippen LogP contribution in [0.5, 0.6) is 0 Å². The fraction of sp³-hybridized carbons (Fsp3) is 0.118. The first kappa shape index (κ1) is 20.4. The van der Waals surface area contributed by atoms with Crippen LogP contribution in [-0.4, -0.2) is 19.9 Å². The summed E-state index contributed by atoms with van der Waals surface area (Å²) in [6.45, 7) is 0. The van der Waals surface area contributed by atoms with E-state index in [1.54, 1.807) is 0 Å². The molecule has 4 nitrogen and oxygen atoms in total. The molecule has 0 saturated heterocycles. The van der Waals surface area contributed by atoms with Gasteiger partial charge < -0.3 is 19.9 Å². The Balaban J connectivity index is 1.34. The van der Waals surface area contributed by atoms with Crippen molar-refractivity contribution in [1.82, 2.24) is 19.9 Å². The monoisotopic (exact) mass is 490 g/mol. The van der Waals surface area contributed by atoms with E-state index in [1.165, 1.54) is 56.6 Å². The fourth-order valence-corrected chi connectivity index (χ4v) is 7.11. The van der Waals surface area contributed by atoms with Gasteiger partial charge in [0, 0.05) is 56.0 Å². The zero-order valence-electron chi connectivity index (χ0n) is 20.8. The van der Waals surface area contributed by atoms with Crippen molar-refractivity contribution in [3.05, 3.63) is 139 Å². The van der Waals surface area contributed by atoms with Crippen LogP contribution in [0.4, 0.5) is 0 Å². The Morgan fingerprint density at radius 2 is 0.947 bits per heavy atom. The van der Waals surface area contributed by atoms with E-state index in [0.717, 1.165) is 33.5 Å². The normalized spacial score (nSPS) is 18.6. The Morgan fingerprint density at radius 1 is 0.474 bits per heavy atom. The number of fused-ring (bicyclic) bond motifs is 10. The quantitative estimate of drug-likeness (QED) is 0.247. The van der Waals surface area contributed by atoms with Crippen LogP contribution in [0.15, 0.2) is 72.8 Å². The van der Waals surface area contributed by atoms with Crippen LogP contribution in [0.3, 0.4) is 0 Å². The fourth-order valence-electron chi connectivity index (χ4n) is 7.11. The third-order valence-corrected chi connectivity index (χ3v) is 8.70. The van der Waals surface area contributed by atoms with E-state index >= 15 is 0 Å². The molecule has 0 radical (unpaired) electrons. The highest BCUT2D eigenvalue weighted by Gasteiger charge is 2.39. The highest BCUT2D eigenvalue weighted by molar-refractivity contribution is 5.85. The van der Waals surface area contributed by atoms with Crippen LogP contribution in [-0.2, 0) is 0 Å². The Morgan fingerprint density at radius 3 is 1.45 bits per heavy atom. The predicted octanol–water partition coefficient (Wildman–Crippen LogP) is 4.15. The van der Waals surface area contributed by atoms with Gasteiger partial charge in [-0.15, -0.1) is 0 Å². The molecule has 6 aromatic rings. The summed E-state index contributed by atoms with van der Waals surface area (Å²) < 4.78 is 0. The summed E-state index contributed by atoms with van der Waals surface area (Å²) in [6.07, 6.45) is 11.3. The van der Waals surface area contributed by atoms with Gasteiger partial charge in [0.15, 0.2) is 0 Å². The average molecular weight is 491 g/mol. The third-order valence-electron chi connectivity index (χ3n) is 8.70. The average Bonchev–Trinajstić information content (AvgIpc) is 3.73. The van der Waals surface area contributed by atoms with Crippen molar-refractivity contribution in [3.8, 4) is 0 Å². The first-order chi connectivity index (χ1) is 18.7. The standard InChI is InChI=1S/C34H26N4/c1-2-4-20-14-30-28-12-11-27(29(30)13-19(20)3-1)33-31-17-25-9-7-23(36-25)15-21-5-6-22(35-21)16-24-8-10-26(37-24)18-32(38-31)34(28)33/h1-10,13-18,27-28,35-38H,11-12H2. The number of rotatable bonds is 0. The van der Waals surface area contributed by atoms with Gasteiger partial charge in [-0.1, -0.05) is 36.4 Å². The molecule has 3 aliphatic carbocycles. The van der Waals surface area contributed by atoms with Crippen LogP contribution >= 0.6 is 0 Å². The van der Waals surface area contributed by atoms with Gasteiger partial charge in [-0.2, -0.15) is 0 Å². The lowest BCUT2D eigenvalue weighted by Crippen LogP contribution is -2.29. The number of nitrogens with one attached hydrogen (secondary N) is 4. The maximum absolute atomic E-state index is 3.87. The number of H-pyrrole nitrogens is 4. The molecule has 1 aliphatic heterocycles. The third kappa shape index (κ3) is 2.97. The number of aromatic amines is 4. The second kappa shape index (κ2) is 7.42. The minimum absolute atomic E-state index is 0.409. The van der Waals surface area contributed by atoms with Gasteiger partial charge in [0.1, 0.15) is 0 Å². The molecule has 0 spiro atoms. The maximum atomic E-state index is 3.87. The number of hydrogen-bond donors (Lipinski definition) is 4. The summed E-state index contributed by atoms with van der Waals surface area (Å²) in [5.41, 5.74) is 10.4. The van der Waals surface area contributed by atoms with Gasteiger partial charge in [-0.3, -0.25) is 0 Å². The zero-order valence-corrected chi connectivity index (χ0v) is 20.8. The van der Waals surface area contributed by atoms with Crippen molar-refractivity contribution in [2.45, 2.75) is 24.7 Å². The van der Waals surface area contributed by atoms with Gasteiger partial charge in [-0.25, -0.2) is 0 Å². The van der Waals surface area contributed by atoms with Crippen LogP contribution in [0.2, 0.25) is 0 Å². The molecule has 10 rings (SSSR count). The maximum Gasteiger partial charge on any atom is 0.0447 e. The molecule has 2 aromatic carbocycles.